The maximum atomic E-state index is 12.6. The molecule has 1 atom stereocenters. The number of sulfonamides is 1. The lowest BCUT2D eigenvalue weighted by Gasteiger charge is -2.17. The van der Waals surface area contributed by atoms with Crippen molar-refractivity contribution in [3.63, 3.8) is 0 Å². The number of carbonyl (C=O) groups is 2. The number of hydrogen-bond acceptors (Lipinski definition) is 5. The van der Waals surface area contributed by atoms with Gasteiger partial charge >= 0.3 is 0 Å². The Morgan fingerprint density at radius 1 is 1.20 bits per heavy atom. The van der Waals surface area contributed by atoms with Gasteiger partial charge in [-0.15, -0.1) is 11.3 Å². The van der Waals surface area contributed by atoms with E-state index < -0.39 is 15.9 Å². The third-order valence-electron chi connectivity index (χ3n) is 5.35. The van der Waals surface area contributed by atoms with E-state index in [1.807, 2.05) is 0 Å². The monoisotopic (exact) mass is 467 g/mol. The molecule has 1 aromatic carbocycles. The molecule has 0 aliphatic carbocycles. The van der Waals surface area contributed by atoms with Crippen molar-refractivity contribution in [2.75, 3.05) is 24.5 Å². The van der Waals surface area contributed by atoms with Gasteiger partial charge in [0.05, 0.1) is 12.5 Å². The van der Waals surface area contributed by atoms with E-state index in [-0.39, 0.29) is 24.8 Å². The Morgan fingerprint density at radius 2 is 1.97 bits per heavy atom. The summed E-state index contributed by atoms with van der Waals surface area (Å²) in [4.78, 5) is 27.3. The van der Waals surface area contributed by atoms with E-state index in [2.05, 4.69) is 5.32 Å². The molecule has 0 radical (unpaired) electrons. The van der Waals surface area contributed by atoms with Crippen LogP contribution in [0.3, 0.4) is 0 Å². The van der Waals surface area contributed by atoms with Crippen molar-refractivity contribution in [3.05, 3.63) is 46.3 Å². The number of rotatable bonds is 6. The number of anilines is 1. The summed E-state index contributed by atoms with van der Waals surface area (Å²) in [5, 5.41) is 3.37. The summed E-state index contributed by atoms with van der Waals surface area (Å²) in [7, 11) is -3.44. The van der Waals surface area contributed by atoms with Gasteiger partial charge in [0.25, 0.3) is 10.0 Å². The van der Waals surface area contributed by atoms with Gasteiger partial charge < -0.3 is 10.2 Å². The highest BCUT2D eigenvalue weighted by molar-refractivity contribution is 7.91. The van der Waals surface area contributed by atoms with Crippen molar-refractivity contribution in [1.82, 2.24) is 9.62 Å². The van der Waals surface area contributed by atoms with E-state index in [0.29, 0.717) is 34.6 Å². The normalized spacial score (nSPS) is 20.1. The zero-order valence-electron chi connectivity index (χ0n) is 16.2. The van der Waals surface area contributed by atoms with Crippen LogP contribution in [0.2, 0.25) is 5.02 Å². The summed E-state index contributed by atoms with van der Waals surface area (Å²) in [5.41, 5.74) is 0.679. The maximum absolute atomic E-state index is 12.6. The highest BCUT2D eigenvalue weighted by atomic mass is 35.5. The van der Waals surface area contributed by atoms with Crippen molar-refractivity contribution in [1.29, 1.82) is 0 Å². The number of nitrogens with one attached hydrogen (secondary N) is 1. The van der Waals surface area contributed by atoms with Crippen molar-refractivity contribution in [2.24, 2.45) is 5.92 Å². The molecule has 7 nitrogen and oxygen atoms in total. The van der Waals surface area contributed by atoms with Crippen LogP contribution in [0.25, 0.3) is 0 Å². The van der Waals surface area contributed by atoms with Crippen LogP contribution < -0.4 is 10.2 Å². The number of benzene rings is 1. The number of carbonyl (C=O) groups excluding carboxylic acids is 2. The van der Waals surface area contributed by atoms with Crippen LogP contribution in [0.5, 0.6) is 0 Å². The van der Waals surface area contributed by atoms with Crippen LogP contribution in [0.4, 0.5) is 5.69 Å². The average molecular weight is 468 g/mol. The van der Waals surface area contributed by atoms with Crippen LogP contribution in [-0.4, -0.2) is 44.2 Å². The Hall–Kier alpha value is -1.94. The molecule has 0 bridgehead atoms. The molecule has 160 valence electrons. The number of amides is 2. The lowest BCUT2D eigenvalue weighted by atomic mass is 10.1. The van der Waals surface area contributed by atoms with Crippen LogP contribution in [0.1, 0.15) is 24.1 Å². The fraction of sp³-hybridized carbons (Fsp3) is 0.400. The zero-order valence-corrected chi connectivity index (χ0v) is 18.6. The molecule has 1 aromatic heterocycles. The predicted molar refractivity (Wildman–Crippen MR) is 116 cm³/mol. The smallest absolute Gasteiger partial charge is 0.252 e. The minimum atomic E-state index is -3.44. The molecule has 10 heteroatoms. The van der Waals surface area contributed by atoms with Crippen molar-refractivity contribution in [3.8, 4) is 0 Å². The molecule has 2 aliphatic rings. The van der Waals surface area contributed by atoms with Crippen molar-refractivity contribution in [2.45, 2.75) is 30.0 Å². The molecular weight excluding hydrogens is 446 g/mol. The Balaban J connectivity index is 1.35. The standard InChI is InChI=1S/C20H22ClN3O4S2/c21-15-4-3-5-16(11-15)24-13-14(10-18(24)25)20(26)22-12-17-6-7-19(29-17)30(27,28)23-8-1-2-9-23/h3-7,11,14H,1-2,8-10,12-13H2,(H,22,26)/t14-/m1/s1. The minimum absolute atomic E-state index is 0.118. The summed E-state index contributed by atoms with van der Waals surface area (Å²) in [6.45, 7) is 1.65. The second-order valence-electron chi connectivity index (χ2n) is 7.44. The molecule has 2 amide bonds. The lowest BCUT2D eigenvalue weighted by molar-refractivity contribution is -0.126. The fourth-order valence-electron chi connectivity index (χ4n) is 3.74. The molecule has 30 heavy (non-hydrogen) atoms. The molecule has 2 aliphatic heterocycles. The zero-order chi connectivity index (χ0) is 21.3. The first-order valence-electron chi connectivity index (χ1n) is 9.77. The van der Waals surface area contributed by atoms with Gasteiger partial charge in [0, 0.05) is 41.6 Å². The van der Waals surface area contributed by atoms with E-state index in [0.717, 1.165) is 17.7 Å². The molecule has 0 unspecified atom stereocenters. The van der Waals surface area contributed by atoms with E-state index >= 15 is 0 Å². The summed E-state index contributed by atoms with van der Waals surface area (Å²) in [6, 6.07) is 10.3. The molecule has 4 rings (SSSR count). The molecule has 0 saturated carbocycles. The Labute approximate surface area is 184 Å². The lowest BCUT2D eigenvalue weighted by Crippen LogP contribution is -2.32. The van der Waals surface area contributed by atoms with Crippen molar-refractivity contribution >= 4 is 50.5 Å². The molecule has 2 saturated heterocycles. The quantitative estimate of drug-likeness (QED) is 0.707. The van der Waals surface area contributed by atoms with Gasteiger partial charge in [0.1, 0.15) is 4.21 Å². The van der Waals surface area contributed by atoms with Gasteiger partial charge in [-0.2, -0.15) is 4.31 Å². The van der Waals surface area contributed by atoms with Gasteiger partial charge in [-0.3, -0.25) is 9.59 Å². The van der Waals surface area contributed by atoms with Crippen molar-refractivity contribution < 1.29 is 18.0 Å². The highest BCUT2D eigenvalue weighted by Crippen LogP contribution is 2.29. The molecular formula is C20H22ClN3O4S2. The van der Waals surface area contributed by atoms with Crippen LogP contribution in [0, 0.1) is 5.92 Å². The average Bonchev–Trinajstić information content (AvgIpc) is 3.46. The van der Waals surface area contributed by atoms with E-state index in [9.17, 15) is 18.0 Å². The largest absolute Gasteiger partial charge is 0.351 e. The van der Waals surface area contributed by atoms with Gasteiger partial charge in [0.2, 0.25) is 11.8 Å². The Bertz CT molecular complexity index is 1060. The maximum Gasteiger partial charge on any atom is 0.252 e. The second-order valence-corrected chi connectivity index (χ2v) is 11.2. The third-order valence-corrected chi connectivity index (χ3v) is 9.04. The number of nitrogens with zero attached hydrogens (tertiary/aromatic N) is 2. The van der Waals surface area contributed by atoms with Crippen LogP contribution >= 0.6 is 22.9 Å². The van der Waals surface area contributed by atoms with E-state index in [1.54, 1.807) is 41.3 Å². The van der Waals surface area contributed by atoms with Crippen LogP contribution in [0.15, 0.2) is 40.6 Å². The first-order valence-corrected chi connectivity index (χ1v) is 12.4. The first kappa shape index (κ1) is 21.3. The van der Waals surface area contributed by atoms with Gasteiger partial charge in [-0.05, 0) is 43.2 Å². The van der Waals surface area contributed by atoms with Gasteiger partial charge in [-0.1, -0.05) is 17.7 Å². The molecule has 2 aromatic rings. The predicted octanol–water partition coefficient (Wildman–Crippen LogP) is 2.86. The highest BCUT2D eigenvalue weighted by Gasteiger charge is 2.35. The third kappa shape index (κ3) is 4.39. The van der Waals surface area contributed by atoms with Crippen LogP contribution in [-0.2, 0) is 26.2 Å². The minimum Gasteiger partial charge on any atom is -0.351 e. The summed E-state index contributed by atoms with van der Waals surface area (Å²) in [6.07, 6.45) is 1.91. The van der Waals surface area contributed by atoms with E-state index in [4.69, 9.17) is 11.6 Å². The van der Waals surface area contributed by atoms with E-state index in [1.165, 1.54) is 15.6 Å². The Kier molecular flexibility index (Phi) is 6.15. The first-order chi connectivity index (χ1) is 14.3. The van der Waals surface area contributed by atoms with Gasteiger partial charge in [-0.25, -0.2) is 8.42 Å². The molecule has 3 heterocycles. The molecule has 0 spiro atoms. The second kappa shape index (κ2) is 8.66. The SMILES string of the molecule is O=C(NCc1ccc(S(=O)(=O)N2CCCC2)s1)[C@@H]1CC(=O)N(c2cccc(Cl)c2)C1. The topological polar surface area (TPSA) is 86.8 Å². The molecule has 2 fully saturated rings. The summed E-state index contributed by atoms with van der Waals surface area (Å²) in [5.74, 6) is -0.790. The molecule has 1 N–H and O–H groups in total. The number of thiophene rings is 1. The summed E-state index contributed by atoms with van der Waals surface area (Å²) < 4.78 is 27.1. The Morgan fingerprint density at radius 3 is 2.70 bits per heavy atom. The summed E-state index contributed by atoms with van der Waals surface area (Å²) >= 11 is 7.18. The number of hydrogen-bond donors (Lipinski definition) is 1. The van der Waals surface area contributed by atoms with Gasteiger partial charge in [0.15, 0.2) is 0 Å². The fourth-order valence-corrected chi connectivity index (χ4v) is 6.89. The number of halogens is 1.